The van der Waals surface area contributed by atoms with Gasteiger partial charge in [0.25, 0.3) is 0 Å². The third-order valence-electron chi connectivity index (χ3n) is 2.70. The molecule has 1 aliphatic rings. The molecule has 0 bridgehead atoms. The average Bonchev–Trinajstić information content (AvgIpc) is 2.17. The largest absolute Gasteiger partial charge is 0.468 e. The number of hydrogen-bond donors (Lipinski definition) is 1. The van der Waals surface area contributed by atoms with Gasteiger partial charge in [-0.1, -0.05) is 13.3 Å². The molecule has 0 spiro atoms. The van der Waals surface area contributed by atoms with Gasteiger partial charge in [-0.3, -0.25) is 4.79 Å². The fourth-order valence-corrected chi connectivity index (χ4v) is 1.87. The Labute approximate surface area is 84.7 Å². The summed E-state index contributed by atoms with van der Waals surface area (Å²) in [4.78, 5) is 11.4. The predicted octanol–water partition coefficient (Wildman–Crippen LogP) is 0.836. The quantitative estimate of drug-likeness (QED) is 0.687. The van der Waals surface area contributed by atoms with E-state index in [0.717, 1.165) is 12.8 Å². The maximum Gasteiger partial charge on any atom is 0.326 e. The predicted molar refractivity (Wildman–Crippen MR) is 52.8 cm³/mol. The van der Waals surface area contributed by atoms with E-state index in [-0.39, 0.29) is 12.1 Å². The first-order valence-electron chi connectivity index (χ1n) is 5.11. The highest BCUT2D eigenvalue weighted by molar-refractivity contribution is 5.80. The maximum absolute atomic E-state index is 11.4. The van der Waals surface area contributed by atoms with Crippen molar-refractivity contribution in [3.63, 3.8) is 0 Å². The van der Waals surface area contributed by atoms with Gasteiger partial charge in [0.15, 0.2) is 0 Å². The molecule has 0 radical (unpaired) electrons. The van der Waals surface area contributed by atoms with Crippen LogP contribution in [0.15, 0.2) is 0 Å². The van der Waals surface area contributed by atoms with Crippen molar-refractivity contribution in [3.8, 4) is 0 Å². The van der Waals surface area contributed by atoms with Gasteiger partial charge in [0.1, 0.15) is 5.54 Å². The minimum Gasteiger partial charge on any atom is -0.468 e. The molecule has 2 atom stereocenters. The molecular weight excluding hydrogens is 182 g/mol. The van der Waals surface area contributed by atoms with Crippen LogP contribution in [-0.4, -0.2) is 31.3 Å². The lowest BCUT2D eigenvalue weighted by Gasteiger charge is -2.35. The van der Waals surface area contributed by atoms with Gasteiger partial charge in [-0.25, -0.2) is 0 Å². The Morgan fingerprint density at radius 1 is 1.71 bits per heavy atom. The van der Waals surface area contributed by atoms with Crippen LogP contribution in [0.25, 0.3) is 0 Å². The van der Waals surface area contributed by atoms with Gasteiger partial charge in [0.2, 0.25) is 0 Å². The van der Waals surface area contributed by atoms with E-state index in [0.29, 0.717) is 19.4 Å². The van der Waals surface area contributed by atoms with Gasteiger partial charge < -0.3 is 15.2 Å². The second-order valence-electron chi connectivity index (χ2n) is 3.88. The second kappa shape index (κ2) is 4.75. The molecule has 0 aromatic heterocycles. The van der Waals surface area contributed by atoms with Crippen LogP contribution in [-0.2, 0) is 14.3 Å². The molecule has 1 rings (SSSR count). The number of nitrogens with two attached hydrogens (primary N) is 1. The van der Waals surface area contributed by atoms with Crippen LogP contribution in [0.1, 0.15) is 32.6 Å². The van der Waals surface area contributed by atoms with Crippen LogP contribution in [0.5, 0.6) is 0 Å². The highest BCUT2D eigenvalue weighted by Gasteiger charge is 2.40. The van der Waals surface area contributed by atoms with E-state index >= 15 is 0 Å². The molecule has 4 nitrogen and oxygen atoms in total. The number of ether oxygens (including phenoxy) is 2. The van der Waals surface area contributed by atoms with Crippen LogP contribution >= 0.6 is 0 Å². The molecule has 1 fully saturated rings. The van der Waals surface area contributed by atoms with Crippen molar-refractivity contribution in [2.75, 3.05) is 13.7 Å². The van der Waals surface area contributed by atoms with Gasteiger partial charge in [0.05, 0.1) is 13.2 Å². The summed E-state index contributed by atoms with van der Waals surface area (Å²) in [6.07, 6.45) is 3.24. The normalized spacial score (nSPS) is 32.6. The highest BCUT2D eigenvalue weighted by Crippen LogP contribution is 2.25. The number of carbonyl (C=O) groups is 1. The summed E-state index contributed by atoms with van der Waals surface area (Å²) in [5.41, 5.74) is 5.15. The van der Waals surface area contributed by atoms with E-state index in [4.69, 9.17) is 15.2 Å². The average molecular weight is 201 g/mol. The lowest BCUT2D eigenvalue weighted by atomic mass is 9.86. The smallest absolute Gasteiger partial charge is 0.326 e. The summed E-state index contributed by atoms with van der Waals surface area (Å²) in [7, 11) is 1.38. The third kappa shape index (κ3) is 2.45. The fourth-order valence-electron chi connectivity index (χ4n) is 1.87. The Balaban J connectivity index is 2.57. The molecule has 0 aromatic carbocycles. The van der Waals surface area contributed by atoms with Crippen LogP contribution < -0.4 is 5.73 Å². The van der Waals surface area contributed by atoms with Crippen molar-refractivity contribution in [2.24, 2.45) is 5.73 Å². The summed E-state index contributed by atoms with van der Waals surface area (Å²) >= 11 is 0. The Kier molecular flexibility index (Phi) is 3.89. The van der Waals surface area contributed by atoms with E-state index in [2.05, 4.69) is 6.92 Å². The molecule has 1 aliphatic heterocycles. The molecule has 0 amide bonds. The van der Waals surface area contributed by atoms with Crippen molar-refractivity contribution in [2.45, 2.75) is 44.2 Å². The van der Waals surface area contributed by atoms with Crippen molar-refractivity contribution >= 4 is 5.97 Å². The molecule has 2 unspecified atom stereocenters. The van der Waals surface area contributed by atoms with Crippen molar-refractivity contribution < 1.29 is 14.3 Å². The molecule has 82 valence electrons. The summed E-state index contributed by atoms with van der Waals surface area (Å²) < 4.78 is 10.2. The monoisotopic (exact) mass is 201 g/mol. The highest BCUT2D eigenvalue weighted by atomic mass is 16.5. The lowest BCUT2D eigenvalue weighted by molar-refractivity contribution is -0.153. The summed E-state index contributed by atoms with van der Waals surface area (Å²) in [5.74, 6) is -0.318. The Hall–Kier alpha value is -0.610. The van der Waals surface area contributed by atoms with Crippen molar-refractivity contribution in [1.29, 1.82) is 0 Å². The van der Waals surface area contributed by atoms with E-state index < -0.39 is 5.54 Å². The number of rotatable bonds is 3. The first kappa shape index (κ1) is 11.5. The summed E-state index contributed by atoms with van der Waals surface area (Å²) in [6.45, 7) is 2.64. The lowest BCUT2D eigenvalue weighted by Crippen LogP contribution is -2.54. The minimum absolute atomic E-state index is 0.109. The van der Waals surface area contributed by atoms with E-state index in [1.807, 2.05) is 0 Å². The number of methoxy groups -OCH3 is 1. The molecular formula is C10H19NO3. The zero-order valence-corrected chi connectivity index (χ0v) is 8.91. The van der Waals surface area contributed by atoms with Crippen LogP contribution in [0.3, 0.4) is 0 Å². The first-order chi connectivity index (χ1) is 6.62. The minimum atomic E-state index is -0.827. The molecule has 0 saturated carbocycles. The summed E-state index contributed by atoms with van der Waals surface area (Å²) in [5, 5.41) is 0. The second-order valence-corrected chi connectivity index (χ2v) is 3.88. The van der Waals surface area contributed by atoms with Crippen molar-refractivity contribution in [3.05, 3.63) is 0 Å². The molecule has 0 aliphatic carbocycles. The number of carbonyl (C=O) groups excluding carboxylic acids is 1. The molecule has 4 heteroatoms. The molecule has 1 saturated heterocycles. The maximum atomic E-state index is 11.4. The van der Waals surface area contributed by atoms with Crippen LogP contribution in [0, 0.1) is 0 Å². The van der Waals surface area contributed by atoms with Crippen molar-refractivity contribution in [1.82, 2.24) is 0 Å². The van der Waals surface area contributed by atoms with E-state index in [9.17, 15) is 4.79 Å². The summed E-state index contributed by atoms with van der Waals surface area (Å²) in [6, 6.07) is 0. The topological polar surface area (TPSA) is 61.6 Å². The van der Waals surface area contributed by atoms with Gasteiger partial charge in [-0.05, 0) is 12.8 Å². The fraction of sp³-hybridized carbons (Fsp3) is 0.900. The third-order valence-corrected chi connectivity index (χ3v) is 2.70. The Bertz CT molecular complexity index is 206. The standard InChI is InChI=1S/C10H19NO3/c1-3-4-8-7-10(11,5-6-14-8)9(12)13-2/h8H,3-7,11H2,1-2H3. The molecule has 1 heterocycles. The van der Waals surface area contributed by atoms with E-state index in [1.54, 1.807) is 0 Å². The van der Waals surface area contributed by atoms with Crippen LogP contribution in [0.2, 0.25) is 0 Å². The Morgan fingerprint density at radius 3 is 3.00 bits per heavy atom. The zero-order valence-electron chi connectivity index (χ0n) is 8.91. The molecule has 14 heavy (non-hydrogen) atoms. The van der Waals surface area contributed by atoms with E-state index in [1.165, 1.54) is 7.11 Å². The van der Waals surface area contributed by atoms with Gasteiger partial charge in [-0.2, -0.15) is 0 Å². The van der Waals surface area contributed by atoms with Gasteiger partial charge in [-0.15, -0.1) is 0 Å². The van der Waals surface area contributed by atoms with Gasteiger partial charge >= 0.3 is 5.97 Å². The van der Waals surface area contributed by atoms with Crippen LogP contribution in [0.4, 0.5) is 0 Å². The Morgan fingerprint density at radius 2 is 2.43 bits per heavy atom. The number of esters is 1. The molecule has 0 aromatic rings. The molecule has 2 N–H and O–H groups in total. The SMILES string of the molecule is CCCC1CC(N)(C(=O)OC)CCO1. The van der Waals surface area contributed by atoms with Gasteiger partial charge in [0, 0.05) is 13.0 Å². The first-order valence-corrected chi connectivity index (χ1v) is 5.11. The number of hydrogen-bond acceptors (Lipinski definition) is 4. The zero-order chi connectivity index (χ0) is 10.6.